The minimum atomic E-state index is -0.644. The fraction of sp³-hybridized carbons (Fsp3) is 0.571. The van der Waals surface area contributed by atoms with E-state index in [-0.39, 0.29) is 12.2 Å². The van der Waals surface area contributed by atoms with Crippen molar-refractivity contribution in [1.82, 2.24) is 19.9 Å². The smallest absolute Gasteiger partial charge is 0.225 e. The summed E-state index contributed by atoms with van der Waals surface area (Å²) in [5, 5.41) is 18.3. The van der Waals surface area contributed by atoms with E-state index in [4.69, 9.17) is 19.7 Å². The molecule has 0 unspecified atom stereocenters. The minimum Gasteiger partial charge on any atom is -0.390 e. The van der Waals surface area contributed by atoms with E-state index < -0.39 is 5.60 Å². The van der Waals surface area contributed by atoms with E-state index in [1.165, 1.54) is 0 Å². The number of anilines is 2. The first-order valence-electron chi connectivity index (χ1n) is 13.1. The van der Waals surface area contributed by atoms with Crippen molar-refractivity contribution in [1.29, 1.82) is 0 Å². The number of aliphatic hydroxyl groups is 1. The highest BCUT2D eigenvalue weighted by Gasteiger charge is 2.34. The van der Waals surface area contributed by atoms with Gasteiger partial charge in [0.05, 0.1) is 39.5 Å². The van der Waals surface area contributed by atoms with Crippen LogP contribution in [0.2, 0.25) is 0 Å². The van der Waals surface area contributed by atoms with Gasteiger partial charge in [-0.2, -0.15) is 4.98 Å². The van der Waals surface area contributed by atoms with Gasteiger partial charge in [0.1, 0.15) is 16.3 Å². The Hall–Kier alpha value is -2.62. The normalized spacial score (nSPS) is 18.9. The summed E-state index contributed by atoms with van der Waals surface area (Å²) < 4.78 is 6.98. The monoisotopic (exact) mass is 524 g/mol. The molecule has 0 radical (unpaired) electrons. The predicted molar refractivity (Wildman–Crippen MR) is 152 cm³/mol. The lowest BCUT2D eigenvalue weighted by molar-refractivity contribution is 0.0185. The van der Waals surface area contributed by atoms with Gasteiger partial charge >= 0.3 is 0 Å². The number of ether oxygens (including phenoxy) is 1. The van der Waals surface area contributed by atoms with Gasteiger partial charge < -0.3 is 20.5 Å². The molecule has 0 amide bonds. The highest BCUT2D eigenvalue weighted by atomic mass is 32.1. The van der Waals surface area contributed by atoms with Crippen LogP contribution in [-0.4, -0.2) is 55.9 Å². The summed E-state index contributed by atoms with van der Waals surface area (Å²) in [7, 11) is 0. The van der Waals surface area contributed by atoms with E-state index in [0.29, 0.717) is 24.3 Å². The number of aromatic nitrogens is 4. The first kappa shape index (κ1) is 27.4. The van der Waals surface area contributed by atoms with Crippen LogP contribution in [0.1, 0.15) is 58.3 Å². The molecule has 8 nitrogen and oxygen atoms in total. The lowest BCUT2D eigenvalue weighted by Gasteiger charge is -2.25. The quantitative estimate of drug-likeness (QED) is 0.272. The molecule has 1 saturated carbocycles. The summed E-state index contributed by atoms with van der Waals surface area (Å²) in [6.07, 6.45) is 6.71. The molecule has 3 aromatic heterocycles. The number of nitrogens with one attached hydrogen (secondary N) is 2. The molecule has 200 valence electrons. The Morgan fingerprint density at radius 3 is 2.62 bits per heavy atom. The van der Waals surface area contributed by atoms with Gasteiger partial charge in [0, 0.05) is 19.3 Å². The average molecular weight is 525 g/mol. The second kappa shape index (κ2) is 11.4. The zero-order valence-corrected chi connectivity index (χ0v) is 23.7. The van der Waals surface area contributed by atoms with Gasteiger partial charge in [-0.3, -0.25) is 4.98 Å². The van der Waals surface area contributed by atoms with Crippen molar-refractivity contribution in [2.45, 2.75) is 78.6 Å². The number of nitrogens with zero attached hydrogens (tertiary/aromatic N) is 4. The summed E-state index contributed by atoms with van der Waals surface area (Å²) >= 11 is 1.63. The number of thiazole rings is 1. The number of aryl methyl sites for hydroxylation is 2. The summed E-state index contributed by atoms with van der Waals surface area (Å²) in [5.41, 5.74) is 2.95. The Labute approximate surface area is 224 Å². The number of hydrogen-bond acceptors (Lipinski definition) is 9. The van der Waals surface area contributed by atoms with Gasteiger partial charge in [-0.1, -0.05) is 6.08 Å². The molecule has 9 heteroatoms. The Kier molecular flexibility index (Phi) is 8.46. The second-order valence-corrected chi connectivity index (χ2v) is 11.9. The third kappa shape index (κ3) is 6.64. The Bertz CT molecular complexity index is 1240. The molecule has 3 heterocycles. The summed E-state index contributed by atoms with van der Waals surface area (Å²) in [4.78, 5) is 19.0. The van der Waals surface area contributed by atoms with E-state index in [1.54, 1.807) is 17.4 Å². The SMILES string of the molecule is C=C[C@H](CNc1nc(C)c(-c2nc3c(C)nccc3s2)c(NC[C@H]2CC[C@@H](C(C)(C)O)C2)n1)OC(C)C. The highest BCUT2D eigenvalue weighted by molar-refractivity contribution is 7.21. The van der Waals surface area contributed by atoms with Crippen LogP contribution in [0, 0.1) is 25.7 Å². The first-order valence-corrected chi connectivity index (χ1v) is 14.0. The Morgan fingerprint density at radius 1 is 1.19 bits per heavy atom. The van der Waals surface area contributed by atoms with Crippen LogP contribution in [-0.2, 0) is 4.74 Å². The lowest BCUT2D eigenvalue weighted by Crippen LogP contribution is -2.29. The fourth-order valence-corrected chi connectivity index (χ4v) is 6.11. The molecule has 0 aliphatic heterocycles. The van der Waals surface area contributed by atoms with Gasteiger partial charge in [-0.25, -0.2) is 9.97 Å². The van der Waals surface area contributed by atoms with Crippen LogP contribution in [0.3, 0.4) is 0 Å². The van der Waals surface area contributed by atoms with Crippen molar-refractivity contribution in [3.05, 3.63) is 36.3 Å². The molecule has 4 rings (SSSR count). The number of fused-ring (bicyclic) bond motifs is 1. The molecular weight excluding hydrogens is 484 g/mol. The molecule has 1 aliphatic rings. The van der Waals surface area contributed by atoms with Crippen LogP contribution in [0.4, 0.5) is 11.8 Å². The van der Waals surface area contributed by atoms with Crippen molar-refractivity contribution < 1.29 is 9.84 Å². The largest absolute Gasteiger partial charge is 0.390 e. The van der Waals surface area contributed by atoms with Crippen LogP contribution in [0.5, 0.6) is 0 Å². The maximum absolute atomic E-state index is 10.5. The standard InChI is InChI=1S/C28H40N6O2S/c1-8-21(36-16(2)3)15-31-27-32-17(4)23(26-33-24-18(5)29-12-11-22(24)37-26)25(34-27)30-14-19-9-10-20(13-19)28(6,7)35/h8,11-12,16,19-21,35H,1,9-10,13-15H2,2-7H3,(H2,30,31,32,34)/t19-,20+,21+/m0/s1. The Balaban J connectivity index is 1.62. The second-order valence-electron chi connectivity index (χ2n) is 10.9. The van der Waals surface area contributed by atoms with Gasteiger partial charge in [-0.05, 0) is 78.7 Å². The average Bonchev–Trinajstić information content (AvgIpc) is 3.48. The van der Waals surface area contributed by atoms with Crippen LogP contribution in [0.15, 0.2) is 24.9 Å². The minimum absolute atomic E-state index is 0.100. The van der Waals surface area contributed by atoms with E-state index in [2.05, 4.69) is 22.2 Å². The van der Waals surface area contributed by atoms with Crippen LogP contribution >= 0.6 is 11.3 Å². The number of pyridine rings is 1. The van der Waals surface area contributed by atoms with Gasteiger partial charge in [0.25, 0.3) is 0 Å². The molecule has 1 fully saturated rings. The number of hydrogen-bond donors (Lipinski definition) is 3. The maximum Gasteiger partial charge on any atom is 0.225 e. The zero-order chi connectivity index (χ0) is 26.7. The molecule has 37 heavy (non-hydrogen) atoms. The van der Waals surface area contributed by atoms with Crippen LogP contribution in [0.25, 0.3) is 20.8 Å². The number of rotatable bonds is 11. The molecule has 0 saturated heterocycles. The van der Waals surface area contributed by atoms with E-state index in [9.17, 15) is 5.11 Å². The maximum atomic E-state index is 10.5. The van der Waals surface area contributed by atoms with Crippen molar-refractivity contribution in [3.8, 4) is 10.6 Å². The molecule has 3 N–H and O–H groups in total. The van der Waals surface area contributed by atoms with Crippen molar-refractivity contribution in [3.63, 3.8) is 0 Å². The van der Waals surface area contributed by atoms with E-state index in [0.717, 1.165) is 63.8 Å². The molecule has 3 atom stereocenters. The van der Waals surface area contributed by atoms with Crippen molar-refractivity contribution in [2.75, 3.05) is 23.7 Å². The molecular formula is C28H40N6O2S. The molecule has 0 bridgehead atoms. The Morgan fingerprint density at radius 2 is 1.97 bits per heavy atom. The van der Waals surface area contributed by atoms with E-state index in [1.807, 2.05) is 53.8 Å². The summed E-state index contributed by atoms with van der Waals surface area (Å²) in [6.45, 7) is 17.0. The fourth-order valence-electron chi connectivity index (χ4n) is 5.00. The van der Waals surface area contributed by atoms with E-state index >= 15 is 0 Å². The molecule has 0 aromatic carbocycles. The third-order valence-electron chi connectivity index (χ3n) is 7.06. The predicted octanol–water partition coefficient (Wildman–Crippen LogP) is 5.76. The van der Waals surface area contributed by atoms with Gasteiger partial charge in [0.15, 0.2) is 0 Å². The first-order chi connectivity index (χ1) is 17.5. The highest BCUT2D eigenvalue weighted by Crippen LogP contribution is 2.39. The van der Waals surface area contributed by atoms with Crippen molar-refractivity contribution in [2.24, 2.45) is 11.8 Å². The molecule has 3 aromatic rings. The van der Waals surface area contributed by atoms with Gasteiger partial charge in [0.2, 0.25) is 5.95 Å². The molecule has 1 aliphatic carbocycles. The zero-order valence-electron chi connectivity index (χ0n) is 22.8. The summed E-state index contributed by atoms with van der Waals surface area (Å²) in [5.74, 6) is 2.11. The van der Waals surface area contributed by atoms with Crippen LogP contribution < -0.4 is 10.6 Å². The van der Waals surface area contributed by atoms with Gasteiger partial charge in [-0.15, -0.1) is 17.9 Å². The molecule has 0 spiro atoms. The topological polar surface area (TPSA) is 105 Å². The lowest BCUT2D eigenvalue weighted by atomic mass is 9.89. The van der Waals surface area contributed by atoms with Crippen molar-refractivity contribution >= 4 is 33.3 Å². The third-order valence-corrected chi connectivity index (χ3v) is 8.10. The summed E-state index contributed by atoms with van der Waals surface area (Å²) in [6, 6.07) is 2.00.